The fourth-order valence-corrected chi connectivity index (χ4v) is 3.31. The van der Waals surface area contributed by atoms with E-state index < -0.39 is 0 Å². The molecule has 23 heavy (non-hydrogen) atoms. The Morgan fingerprint density at radius 1 is 0.870 bits per heavy atom. The van der Waals surface area contributed by atoms with E-state index in [2.05, 4.69) is 4.90 Å². The van der Waals surface area contributed by atoms with E-state index in [1.165, 1.54) is 64.6 Å². The van der Waals surface area contributed by atoms with Crippen LogP contribution in [0.15, 0.2) is 18.2 Å². The van der Waals surface area contributed by atoms with Crippen LogP contribution in [0.1, 0.15) is 51.4 Å². The maximum absolute atomic E-state index is 5.79. The Hall–Kier alpha value is -1.42. The molecule has 1 aromatic carbocycles. The molecule has 0 amide bonds. The summed E-state index contributed by atoms with van der Waals surface area (Å²) >= 11 is 0. The molecule has 0 bridgehead atoms. The minimum Gasteiger partial charge on any atom is -0.493 e. The summed E-state index contributed by atoms with van der Waals surface area (Å²) in [6.07, 6.45) is 10.6. The van der Waals surface area contributed by atoms with Gasteiger partial charge in [0.2, 0.25) is 6.79 Å². The molecule has 2 aliphatic rings. The smallest absolute Gasteiger partial charge is 0.231 e. The molecule has 128 valence electrons. The predicted octanol–water partition coefficient (Wildman–Crippen LogP) is 4.23. The number of unbranched alkanes of at least 4 members (excludes halogenated alkanes) is 4. The molecule has 0 radical (unpaired) electrons. The van der Waals surface area contributed by atoms with Crippen molar-refractivity contribution in [2.45, 2.75) is 51.4 Å². The highest BCUT2D eigenvalue weighted by Crippen LogP contribution is 2.35. The van der Waals surface area contributed by atoms with E-state index in [1.807, 2.05) is 18.2 Å². The van der Waals surface area contributed by atoms with Gasteiger partial charge in [-0.15, -0.1) is 0 Å². The summed E-state index contributed by atoms with van der Waals surface area (Å²) in [5.41, 5.74) is 0. The van der Waals surface area contributed by atoms with Crippen molar-refractivity contribution in [3.05, 3.63) is 18.2 Å². The van der Waals surface area contributed by atoms with Gasteiger partial charge in [-0.3, -0.25) is 0 Å². The minimum absolute atomic E-state index is 0.316. The second-order valence-corrected chi connectivity index (χ2v) is 6.53. The van der Waals surface area contributed by atoms with E-state index in [4.69, 9.17) is 14.2 Å². The van der Waals surface area contributed by atoms with Gasteiger partial charge in [0.25, 0.3) is 0 Å². The van der Waals surface area contributed by atoms with Crippen LogP contribution in [0.5, 0.6) is 17.2 Å². The number of hydrogen-bond acceptors (Lipinski definition) is 4. The zero-order valence-electron chi connectivity index (χ0n) is 14.1. The molecule has 4 heteroatoms. The molecule has 1 aromatic rings. The quantitative estimate of drug-likeness (QED) is 0.637. The molecule has 2 aliphatic heterocycles. The molecule has 1 fully saturated rings. The van der Waals surface area contributed by atoms with Gasteiger partial charge in [0.1, 0.15) is 5.75 Å². The Bertz CT molecular complexity index is 472. The Kier molecular flexibility index (Phi) is 6.44. The van der Waals surface area contributed by atoms with Crippen LogP contribution < -0.4 is 14.2 Å². The lowest BCUT2D eigenvalue weighted by molar-refractivity contribution is 0.173. The largest absolute Gasteiger partial charge is 0.493 e. The van der Waals surface area contributed by atoms with Crippen LogP contribution in [-0.2, 0) is 0 Å². The molecule has 2 heterocycles. The fraction of sp³-hybridized carbons (Fsp3) is 0.684. The van der Waals surface area contributed by atoms with Crippen molar-refractivity contribution in [1.29, 1.82) is 0 Å². The first kappa shape index (κ1) is 16.4. The van der Waals surface area contributed by atoms with Crippen LogP contribution >= 0.6 is 0 Å². The molecule has 0 unspecified atom stereocenters. The van der Waals surface area contributed by atoms with E-state index in [-0.39, 0.29) is 0 Å². The van der Waals surface area contributed by atoms with Crippen molar-refractivity contribution >= 4 is 0 Å². The summed E-state index contributed by atoms with van der Waals surface area (Å²) in [4.78, 5) is 2.63. The summed E-state index contributed by atoms with van der Waals surface area (Å²) in [5, 5.41) is 0. The number of piperidine rings is 1. The van der Waals surface area contributed by atoms with Gasteiger partial charge in [0, 0.05) is 6.07 Å². The summed E-state index contributed by atoms with van der Waals surface area (Å²) in [7, 11) is 0. The molecule has 0 aliphatic carbocycles. The molecule has 0 aromatic heterocycles. The number of fused-ring (bicyclic) bond motifs is 1. The second-order valence-electron chi connectivity index (χ2n) is 6.53. The standard InChI is InChI=1S/C19H29NO3/c1(2-5-11-20-12-6-4-7-13-20)3-8-14-21-17-9-10-18-19(15-17)23-16-22-18/h9-10,15H,1-8,11-14,16H2. The van der Waals surface area contributed by atoms with Crippen molar-refractivity contribution in [3.63, 3.8) is 0 Å². The fourth-order valence-electron chi connectivity index (χ4n) is 3.31. The molecule has 0 atom stereocenters. The Labute approximate surface area is 139 Å². The highest BCUT2D eigenvalue weighted by molar-refractivity contribution is 5.46. The first-order valence-corrected chi connectivity index (χ1v) is 9.17. The van der Waals surface area contributed by atoms with Crippen molar-refractivity contribution in [1.82, 2.24) is 4.90 Å². The van der Waals surface area contributed by atoms with Crippen LogP contribution in [0.25, 0.3) is 0 Å². The molecular weight excluding hydrogens is 290 g/mol. The van der Waals surface area contributed by atoms with Gasteiger partial charge in [-0.2, -0.15) is 0 Å². The number of benzene rings is 1. The molecule has 0 N–H and O–H groups in total. The number of likely N-dealkylation sites (tertiary alicyclic amines) is 1. The van der Waals surface area contributed by atoms with E-state index in [1.54, 1.807) is 0 Å². The lowest BCUT2D eigenvalue weighted by Crippen LogP contribution is -2.30. The summed E-state index contributed by atoms with van der Waals surface area (Å²) in [5.74, 6) is 2.48. The monoisotopic (exact) mass is 319 g/mol. The molecule has 4 nitrogen and oxygen atoms in total. The second kappa shape index (κ2) is 9.02. The predicted molar refractivity (Wildman–Crippen MR) is 91.4 cm³/mol. The average molecular weight is 319 g/mol. The summed E-state index contributed by atoms with van der Waals surface area (Å²) in [6, 6.07) is 5.78. The molecule has 0 saturated carbocycles. The van der Waals surface area contributed by atoms with Crippen LogP contribution in [0.2, 0.25) is 0 Å². The van der Waals surface area contributed by atoms with Gasteiger partial charge < -0.3 is 19.1 Å². The topological polar surface area (TPSA) is 30.9 Å². The molecular formula is C19H29NO3. The summed E-state index contributed by atoms with van der Waals surface area (Å²) in [6.45, 7) is 5.04. The highest BCUT2D eigenvalue weighted by atomic mass is 16.7. The third-order valence-corrected chi connectivity index (χ3v) is 4.68. The number of rotatable bonds is 9. The third kappa shape index (κ3) is 5.31. The Balaban J connectivity index is 1.19. The van der Waals surface area contributed by atoms with E-state index >= 15 is 0 Å². The van der Waals surface area contributed by atoms with E-state index in [0.29, 0.717) is 6.79 Å². The molecule has 3 rings (SSSR count). The van der Waals surface area contributed by atoms with Gasteiger partial charge in [0.15, 0.2) is 11.5 Å². The van der Waals surface area contributed by atoms with Crippen molar-refractivity contribution in [3.8, 4) is 17.2 Å². The van der Waals surface area contributed by atoms with E-state index in [0.717, 1.165) is 30.3 Å². The normalized spacial score (nSPS) is 17.4. The van der Waals surface area contributed by atoms with Crippen molar-refractivity contribution < 1.29 is 14.2 Å². The number of hydrogen-bond donors (Lipinski definition) is 0. The molecule has 0 spiro atoms. The average Bonchev–Trinajstić information content (AvgIpc) is 3.06. The maximum Gasteiger partial charge on any atom is 0.231 e. The lowest BCUT2D eigenvalue weighted by Gasteiger charge is -2.26. The third-order valence-electron chi connectivity index (χ3n) is 4.68. The first-order valence-electron chi connectivity index (χ1n) is 9.17. The first-order chi connectivity index (χ1) is 11.4. The van der Waals surface area contributed by atoms with Gasteiger partial charge in [0.05, 0.1) is 6.61 Å². The van der Waals surface area contributed by atoms with Crippen LogP contribution in [0.4, 0.5) is 0 Å². The lowest BCUT2D eigenvalue weighted by atomic mass is 10.1. The van der Waals surface area contributed by atoms with Crippen LogP contribution in [-0.4, -0.2) is 37.9 Å². The van der Waals surface area contributed by atoms with E-state index in [9.17, 15) is 0 Å². The zero-order chi connectivity index (χ0) is 15.7. The van der Waals surface area contributed by atoms with Crippen molar-refractivity contribution in [2.75, 3.05) is 33.0 Å². The Morgan fingerprint density at radius 3 is 2.57 bits per heavy atom. The zero-order valence-corrected chi connectivity index (χ0v) is 14.1. The highest BCUT2D eigenvalue weighted by Gasteiger charge is 2.13. The Morgan fingerprint density at radius 2 is 1.65 bits per heavy atom. The van der Waals surface area contributed by atoms with Gasteiger partial charge in [-0.1, -0.05) is 25.7 Å². The van der Waals surface area contributed by atoms with Crippen LogP contribution in [0.3, 0.4) is 0 Å². The molecule has 1 saturated heterocycles. The van der Waals surface area contributed by atoms with Crippen LogP contribution in [0, 0.1) is 0 Å². The number of nitrogens with zero attached hydrogens (tertiary/aromatic N) is 1. The van der Waals surface area contributed by atoms with Gasteiger partial charge in [-0.25, -0.2) is 0 Å². The number of ether oxygens (including phenoxy) is 3. The SMILES string of the molecule is c1cc2c(cc1OCCCCCCCN1CCCCC1)OCO2. The van der Waals surface area contributed by atoms with Gasteiger partial charge >= 0.3 is 0 Å². The van der Waals surface area contributed by atoms with Gasteiger partial charge in [-0.05, 0) is 57.5 Å². The summed E-state index contributed by atoms with van der Waals surface area (Å²) < 4.78 is 16.4. The maximum atomic E-state index is 5.79. The van der Waals surface area contributed by atoms with Crippen molar-refractivity contribution in [2.24, 2.45) is 0 Å². The minimum atomic E-state index is 0.316.